The van der Waals surface area contributed by atoms with Gasteiger partial charge in [-0.05, 0) is 38.3 Å². The van der Waals surface area contributed by atoms with Crippen LogP contribution in [-0.2, 0) is 6.42 Å². The van der Waals surface area contributed by atoms with E-state index in [1.807, 2.05) is 6.07 Å². The van der Waals surface area contributed by atoms with Gasteiger partial charge in [-0.25, -0.2) is 0 Å². The van der Waals surface area contributed by atoms with Crippen molar-refractivity contribution in [1.29, 1.82) is 0 Å². The minimum Gasteiger partial charge on any atom is -0.496 e. The second-order valence-corrected chi connectivity index (χ2v) is 5.38. The summed E-state index contributed by atoms with van der Waals surface area (Å²) in [6.07, 6.45) is 3.23. The maximum atomic E-state index is 6.50. The number of ether oxygens (including phenoxy) is 3. The largest absolute Gasteiger partial charge is 0.496 e. The van der Waals surface area contributed by atoms with Gasteiger partial charge in [0.1, 0.15) is 5.75 Å². The van der Waals surface area contributed by atoms with Crippen LogP contribution in [0.3, 0.4) is 0 Å². The summed E-state index contributed by atoms with van der Waals surface area (Å²) in [6.45, 7) is 2.13. The number of benzene rings is 1. The lowest BCUT2D eigenvalue weighted by Crippen LogP contribution is -2.28. The highest BCUT2D eigenvalue weighted by Crippen LogP contribution is 2.44. The molecule has 4 nitrogen and oxygen atoms in total. The van der Waals surface area contributed by atoms with Gasteiger partial charge in [0, 0.05) is 11.6 Å². The summed E-state index contributed by atoms with van der Waals surface area (Å²) in [5.41, 5.74) is 1.01. The predicted molar refractivity (Wildman–Crippen MR) is 80.4 cm³/mol. The summed E-state index contributed by atoms with van der Waals surface area (Å²) in [6, 6.07) is 1.85. The second-order valence-electron chi connectivity index (χ2n) is 5.00. The molecule has 0 radical (unpaired) electrons. The smallest absolute Gasteiger partial charge is 0.179 e. The summed E-state index contributed by atoms with van der Waals surface area (Å²) < 4.78 is 16.2. The topological polar surface area (TPSA) is 39.7 Å². The molecule has 0 spiro atoms. The molecule has 0 aromatic heterocycles. The van der Waals surface area contributed by atoms with Crippen molar-refractivity contribution >= 4 is 11.6 Å². The van der Waals surface area contributed by atoms with E-state index < -0.39 is 0 Å². The molecular weight excluding hydrogens is 278 g/mol. The lowest BCUT2D eigenvalue weighted by atomic mass is 9.90. The van der Waals surface area contributed by atoms with E-state index in [1.165, 1.54) is 0 Å². The first-order chi connectivity index (χ1) is 9.71. The van der Waals surface area contributed by atoms with Crippen molar-refractivity contribution < 1.29 is 14.2 Å². The van der Waals surface area contributed by atoms with Gasteiger partial charge in [0.05, 0.1) is 26.4 Å². The van der Waals surface area contributed by atoms with Crippen LogP contribution in [0.1, 0.15) is 18.4 Å². The van der Waals surface area contributed by atoms with Crippen LogP contribution in [0, 0.1) is 5.92 Å². The zero-order valence-electron chi connectivity index (χ0n) is 12.3. The first-order valence-corrected chi connectivity index (χ1v) is 7.27. The molecule has 5 heteroatoms. The molecule has 1 saturated heterocycles. The van der Waals surface area contributed by atoms with Crippen LogP contribution in [-0.4, -0.2) is 34.4 Å². The van der Waals surface area contributed by atoms with Gasteiger partial charge in [0.2, 0.25) is 0 Å². The third kappa shape index (κ3) is 3.13. The number of halogens is 1. The summed E-state index contributed by atoms with van der Waals surface area (Å²) in [7, 11) is 4.86. The molecule has 1 aromatic carbocycles. The maximum Gasteiger partial charge on any atom is 0.179 e. The third-order valence-corrected chi connectivity index (χ3v) is 4.24. The second kappa shape index (κ2) is 7.04. The van der Waals surface area contributed by atoms with Crippen LogP contribution in [0.2, 0.25) is 5.02 Å². The Kier molecular flexibility index (Phi) is 5.38. The lowest BCUT2D eigenvalue weighted by Gasteiger charge is -2.24. The number of nitrogens with one attached hydrogen (secondary N) is 1. The Labute approximate surface area is 125 Å². The lowest BCUT2D eigenvalue weighted by molar-refractivity contribution is 0.340. The molecule has 1 aliphatic heterocycles. The van der Waals surface area contributed by atoms with Crippen LogP contribution in [0.5, 0.6) is 17.2 Å². The minimum absolute atomic E-state index is 0.582. The molecule has 0 saturated carbocycles. The van der Waals surface area contributed by atoms with Crippen LogP contribution >= 0.6 is 11.6 Å². The molecular formula is C15H22ClNO3. The van der Waals surface area contributed by atoms with Crippen molar-refractivity contribution in [3.05, 3.63) is 16.7 Å². The zero-order valence-corrected chi connectivity index (χ0v) is 13.0. The van der Waals surface area contributed by atoms with Crippen LogP contribution < -0.4 is 19.5 Å². The molecule has 0 amide bonds. The molecule has 1 N–H and O–H groups in total. The first kappa shape index (κ1) is 15.3. The van der Waals surface area contributed by atoms with Gasteiger partial charge in [-0.2, -0.15) is 0 Å². The van der Waals surface area contributed by atoms with Crippen molar-refractivity contribution in [3.8, 4) is 17.2 Å². The molecule has 1 aliphatic rings. The van der Waals surface area contributed by atoms with Gasteiger partial charge >= 0.3 is 0 Å². The Morgan fingerprint density at radius 3 is 2.30 bits per heavy atom. The van der Waals surface area contributed by atoms with Gasteiger partial charge in [0.15, 0.2) is 11.5 Å². The van der Waals surface area contributed by atoms with E-state index in [0.717, 1.165) is 43.7 Å². The Hall–Kier alpha value is -1.13. The summed E-state index contributed by atoms with van der Waals surface area (Å²) in [4.78, 5) is 0. The Morgan fingerprint density at radius 2 is 1.75 bits per heavy atom. The fourth-order valence-corrected chi connectivity index (χ4v) is 3.05. The van der Waals surface area contributed by atoms with Crippen LogP contribution in [0.4, 0.5) is 0 Å². The van der Waals surface area contributed by atoms with Crippen molar-refractivity contribution in [3.63, 3.8) is 0 Å². The quantitative estimate of drug-likeness (QED) is 0.907. The number of piperidine rings is 1. The number of methoxy groups -OCH3 is 3. The molecule has 1 fully saturated rings. The molecule has 112 valence electrons. The highest BCUT2D eigenvalue weighted by molar-refractivity contribution is 6.33. The fraction of sp³-hybridized carbons (Fsp3) is 0.600. The third-order valence-electron chi connectivity index (χ3n) is 3.84. The SMILES string of the molecule is COc1cc(OC)c(OC)c(Cl)c1CC1CCNCC1. The molecule has 20 heavy (non-hydrogen) atoms. The van der Waals surface area contributed by atoms with Crippen molar-refractivity contribution in [1.82, 2.24) is 5.32 Å². The van der Waals surface area contributed by atoms with Crippen molar-refractivity contribution in [2.45, 2.75) is 19.3 Å². The van der Waals surface area contributed by atoms with E-state index in [9.17, 15) is 0 Å². The summed E-state index contributed by atoms with van der Waals surface area (Å²) in [5, 5.41) is 3.97. The minimum atomic E-state index is 0.582. The first-order valence-electron chi connectivity index (χ1n) is 6.89. The van der Waals surface area contributed by atoms with E-state index in [4.69, 9.17) is 25.8 Å². The molecule has 2 rings (SSSR count). The predicted octanol–water partition coefficient (Wildman–Crippen LogP) is 2.91. The van der Waals surface area contributed by atoms with Gasteiger partial charge < -0.3 is 19.5 Å². The molecule has 1 aromatic rings. The average molecular weight is 300 g/mol. The van der Waals surface area contributed by atoms with Gasteiger partial charge in [-0.3, -0.25) is 0 Å². The van der Waals surface area contributed by atoms with E-state index in [2.05, 4.69) is 5.32 Å². The Balaban J connectivity index is 2.34. The van der Waals surface area contributed by atoms with Gasteiger partial charge in [-0.1, -0.05) is 11.6 Å². The van der Waals surface area contributed by atoms with E-state index in [0.29, 0.717) is 22.4 Å². The number of hydrogen-bond donors (Lipinski definition) is 1. The standard InChI is InChI=1S/C15H22ClNO3/c1-18-12-9-13(19-2)15(20-3)14(16)11(12)8-10-4-6-17-7-5-10/h9-10,17H,4-8H2,1-3H3. The monoisotopic (exact) mass is 299 g/mol. The van der Waals surface area contributed by atoms with E-state index in [-0.39, 0.29) is 0 Å². The fourth-order valence-electron chi connectivity index (χ4n) is 2.71. The Bertz CT molecular complexity index is 459. The van der Waals surface area contributed by atoms with Crippen molar-refractivity contribution in [2.75, 3.05) is 34.4 Å². The van der Waals surface area contributed by atoms with E-state index >= 15 is 0 Å². The van der Waals surface area contributed by atoms with Gasteiger partial charge in [-0.15, -0.1) is 0 Å². The molecule has 0 aliphatic carbocycles. The Morgan fingerprint density at radius 1 is 1.10 bits per heavy atom. The van der Waals surface area contributed by atoms with Gasteiger partial charge in [0.25, 0.3) is 0 Å². The number of hydrogen-bond acceptors (Lipinski definition) is 4. The molecule has 0 atom stereocenters. The molecule has 1 heterocycles. The highest BCUT2D eigenvalue weighted by atomic mass is 35.5. The zero-order chi connectivity index (χ0) is 14.5. The molecule has 0 unspecified atom stereocenters. The normalized spacial score (nSPS) is 16.0. The highest BCUT2D eigenvalue weighted by Gasteiger charge is 2.22. The summed E-state index contributed by atoms with van der Waals surface area (Å²) >= 11 is 6.50. The summed E-state index contributed by atoms with van der Waals surface area (Å²) in [5.74, 6) is 2.58. The average Bonchev–Trinajstić information content (AvgIpc) is 2.49. The number of rotatable bonds is 5. The van der Waals surface area contributed by atoms with Crippen LogP contribution in [0.15, 0.2) is 6.07 Å². The molecule has 0 bridgehead atoms. The van der Waals surface area contributed by atoms with Crippen LogP contribution in [0.25, 0.3) is 0 Å². The van der Waals surface area contributed by atoms with Crippen molar-refractivity contribution in [2.24, 2.45) is 5.92 Å². The maximum absolute atomic E-state index is 6.50. The van der Waals surface area contributed by atoms with E-state index in [1.54, 1.807) is 21.3 Å².